The fraction of sp³-hybridized carbons (Fsp3) is 0.667. The van der Waals surface area contributed by atoms with Crippen molar-refractivity contribution in [3.63, 3.8) is 0 Å². The summed E-state index contributed by atoms with van der Waals surface area (Å²) in [5, 5.41) is 20.7. The van der Waals surface area contributed by atoms with Crippen molar-refractivity contribution >= 4 is 5.97 Å². The number of carbonyl (C=O) groups is 1. The predicted octanol–water partition coefficient (Wildman–Crippen LogP) is 4.81. The van der Waals surface area contributed by atoms with Crippen LogP contribution in [0, 0.1) is 0 Å². The average molecular weight is 398 g/mol. The molecule has 0 radical (unpaired) electrons. The molecule has 2 N–H and O–H groups in total. The normalized spacial score (nSPS) is 10.6. The van der Waals surface area contributed by atoms with E-state index in [1.165, 1.54) is 19.3 Å². The summed E-state index contributed by atoms with van der Waals surface area (Å²) in [6.07, 6.45) is 6.36. The fourth-order valence-corrected chi connectivity index (χ4v) is 2.80. The maximum Gasteiger partial charge on any atom is 0.346 e. The standard InChI is InChI=1S/C21H34O7/c1-5-9-10-11-12-13-14-28-21(24)15-16(22)17(23)19(26-7-3)20(27-8-4)18(15)25-6-2/h22-23H,5-14H2,1-4H3. The second-order valence-electron chi connectivity index (χ2n) is 6.26. The summed E-state index contributed by atoms with van der Waals surface area (Å²) < 4.78 is 21.8. The molecule has 1 rings (SSSR count). The van der Waals surface area contributed by atoms with E-state index >= 15 is 0 Å². The number of carbonyl (C=O) groups excluding carboxylic acids is 1. The van der Waals surface area contributed by atoms with Crippen molar-refractivity contribution in [2.45, 2.75) is 66.2 Å². The highest BCUT2D eigenvalue weighted by Gasteiger charge is 2.32. The lowest BCUT2D eigenvalue weighted by Crippen LogP contribution is -2.12. The van der Waals surface area contributed by atoms with Crippen LogP contribution in [0.25, 0.3) is 0 Å². The highest BCUT2D eigenvalue weighted by molar-refractivity contribution is 5.99. The lowest BCUT2D eigenvalue weighted by Gasteiger charge is -2.20. The van der Waals surface area contributed by atoms with E-state index in [1.807, 2.05) is 0 Å². The summed E-state index contributed by atoms with van der Waals surface area (Å²) in [7, 11) is 0. The number of phenols is 2. The summed E-state index contributed by atoms with van der Waals surface area (Å²) in [5.41, 5.74) is -0.253. The molecular formula is C21H34O7. The van der Waals surface area contributed by atoms with Gasteiger partial charge in [-0.2, -0.15) is 0 Å². The van der Waals surface area contributed by atoms with Gasteiger partial charge in [-0.25, -0.2) is 4.79 Å². The van der Waals surface area contributed by atoms with Gasteiger partial charge in [-0.3, -0.25) is 0 Å². The van der Waals surface area contributed by atoms with Crippen LogP contribution in [0.2, 0.25) is 0 Å². The average Bonchev–Trinajstić information content (AvgIpc) is 2.68. The van der Waals surface area contributed by atoms with E-state index in [-0.39, 0.29) is 49.2 Å². The number of phenolic OH excluding ortho intramolecular Hbond substituents is 2. The molecule has 160 valence electrons. The zero-order valence-corrected chi connectivity index (χ0v) is 17.5. The van der Waals surface area contributed by atoms with Crippen LogP contribution >= 0.6 is 0 Å². The molecule has 0 saturated heterocycles. The van der Waals surface area contributed by atoms with Crippen molar-refractivity contribution in [1.82, 2.24) is 0 Å². The summed E-state index contributed by atoms with van der Waals surface area (Å²) in [6.45, 7) is 8.35. The van der Waals surface area contributed by atoms with Gasteiger partial charge in [-0.05, 0) is 27.2 Å². The van der Waals surface area contributed by atoms with Crippen LogP contribution in [-0.2, 0) is 4.74 Å². The van der Waals surface area contributed by atoms with Crippen LogP contribution in [0.3, 0.4) is 0 Å². The monoisotopic (exact) mass is 398 g/mol. The number of esters is 1. The maximum atomic E-state index is 12.6. The molecule has 0 fully saturated rings. The summed E-state index contributed by atoms with van der Waals surface area (Å²) in [5.74, 6) is -1.95. The molecule has 0 aliphatic carbocycles. The van der Waals surface area contributed by atoms with Gasteiger partial charge in [0.15, 0.2) is 17.1 Å². The molecule has 28 heavy (non-hydrogen) atoms. The Morgan fingerprint density at radius 3 is 1.86 bits per heavy atom. The van der Waals surface area contributed by atoms with Crippen molar-refractivity contribution < 1.29 is 34.0 Å². The molecule has 0 spiro atoms. The van der Waals surface area contributed by atoms with Gasteiger partial charge < -0.3 is 29.2 Å². The number of hydrogen-bond acceptors (Lipinski definition) is 7. The zero-order valence-electron chi connectivity index (χ0n) is 17.5. The minimum absolute atomic E-state index is 0.0102. The Kier molecular flexibility index (Phi) is 11.0. The number of aromatic hydroxyl groups is 2. The van der Waals surface area contributed by atoms with Gasteiger partial charge in [-0.1, -0.05) is 39.0 Å². The highest BCUT2D eigenvalue weighted by atomic mass is 16.6. The molecule has 0 atom stereocenters. The molecule has 1 aromatic rings. The molecule has 7 nitrogen and oxygen atoms in total. The van der Waals surface area contributed by atoms with Crippen LogP contribution in [0.4, 0.5) is 0 Å². The van der Waals surface area contributed by atoms with Crippen molar-refractivity contribution in [1.29, 1.82) is 0 Å². The molecule has 0 unspecified atom stereocenters. The molecule has 0 bridgehead atoms. The van der Waals surface area contributed by atoms with E-state index in [1.54, 1.807) is 20.8 Å². The molecule has 0 saturated carbocycles. The van der Waals surface area contributed by atoms with Crippen LogP contribution < -0.4 is 14.2 Å². The van der Waals surface area contributed by atoms with Gasteiger partial charge in [-0.15, -0.1) is 0 Å². The quantitative estimate of drug-likeness (QED) is 0.264. The first kappa shape index (κ1) is 23.7. The lowest BCUT2D eigenvalue weighted by molar-refractivity contribution is 0.0487. The number of unbranched alkanes of at least 4 members (excludes halogenated alkanes) is 5. The Morgan fingerprint density at radius 1 is 0.714 bits per heavy atom. The number of ether oxygens (including phenoxy) is 4. The van der Waals surface area contributed by atoms with Gasteiger partial charge in [0, 0.05) is 0 Å². The highest BCUT2D eigenvalue weighted by Crippen LogP contribution is 2.53. The number of hydrogen-bond donors (Lipinski definition) is 2. The third kappa shape index (κ3) is 6.39. The van der Waals surface area contributed by atoms with Gasteiger partial charge in [0.25, 0.3) is 0 Å². The van der Waals surface area contributed by atoms with Crippen molar-refractivity contribution in [3.8, 4) is 28.7 Å². The molecule has 0 heterocycles. The minimum Gasteiger partial charge on any atom is -0.503 e. The van der Waals surface area contributed by atoms with E-state index in [9.17, 15) is 15.0 Å². The lowest BCUT2D eigenvalue weighted by atomic mass is 10.1. The largest absolute Gasteiger partial charge is 0.503 e. The fourth-order valence-electron chi connectivity index (χ4n) is 2.80. The smallest absolute Gasteiger partial charge is 0.346 e. The molecule has 0 aliphatic rings. The summed E-state index contributed by atoms with van der Waals surface area (Å²) in [6, 6.07) is 0. The van der Waals surface area contributed by atoms with Crippen molar-refractivity contribution in [2.24, 2.45) is 0 Å². The van der Waals surface area contributed by atoms with Gasteiger partial charge >= 0.3 is 5.97 Å². The van der Waals surface area contributed by atoms with Crippen molar-refractivity contribution in [2.75, 3.05) is 26.4 Å². The second kappa shape index (κ2) is 13.0. The summed E-state index contributed by atoms with van der Waals surface area (Å²) in [4.78, 5) is 12.6. The minimum atomic E-state index is -0.770. The zero-order chi connectivity index (χ0) is 20.9. The third-order valence-electron chi connectivity index (χ3n) is 4.12. The third-order valence-corrected chi connectivity index (χ3v) is 4.12. The molecule has 0 amide bonds. The van der Waals surface area contributed by atoms with Crippen LogP contribution in [0.1, 0.15) is 76.6 Å². The van der Waals surface area contributed by atoms with E-state index < -0.39 is 17.5 Å². The Hall–Kier alpha value is -2.31. The molecule has 1 aromatic carbocycles. The van der Waals surface area contributed by atoms with Gasteiger partial charge in [0.05, 0.1) is 26.4 Å². The van der Waals surface area contributed by atoms with Gasteiger partial charge in [0.2, 0.25) is 17.2 Å². The Morgan fingerprint density at radius 2 is 1.25 bits per heavy atom. The first-order valence-corrected chi connectivity index (χ1v) is 10.2. The second-order valence-corrected chi connectivity index (χ2v) is 6.26. The number of benzene rings is 1. The maximum absolute atomic E-state index is 12.6. The Balaban J connectivity index is 3.03. The van der Waals surface area contributed by atoms with Gasteiger partial charge in [0.1, 0.15) is 0 Å². The first-order valence-electron chi connectivity index (χ1n) is 10.2. The molecule has 0 aliphatic heterocycles. The van der Waals surface area contributed by atoms with E-state index in [0.29, 0.717) is 0 Å². The predicted molar refractivity (Wildman–Crippen MR) is 107 cm³/mol. The Labute approximate surface area is 167 Å². The number of rotatable bonds is 14. The SMILES string of the molecule is CCCCCCCCOC(=O)c1c(O)c(O)c(OCC)c(OCC)c1OCC. The molecular weight excluding hydrogens is 364 g/mol. The van der Waals surface area contributed by atoms with E-state index in [2.05, 4.69) is 6.92 Å². The van der Waals surface area contributed by atoms with Crippen LogP contribution in [0.15, 0.2) is 0 Å². The summed E-state index contributed by atoms with van der Waals surface area (Å²) >= 11 is 0. The first-order chi connectivity index (χ1) is 13.5. The van der Waals surface area contributed by atoms with E-state index in [4.69, 9.17) is 18.9 Å². The van der Waals surface area contributed by atoms with Crippen LogP contribution in [-0.4, -0.2) is 42.6 Å². The molecule has 0 aromatic heterocycles. The van der Waals surface area contributed by atoms with Crippen LogP contribution in [0.5, 0.6) is 28.7 Å². The van der Waals surface area contributed by atoms with Crippen molar-refractivity contribution in [3.05, 3.63) is 5.56 Å². The topological polar surface area (TPSA) is 94.5 Å². The molecule has 7 heteroatoms. The van der Waals surface area contributed by atoms with E-state index in [0.717, 1.165) is 19.3 Å². The Bertz CT molecular complexity index is 614.